The van der Waals surface area contributed by atoms with Gasteiger partial charge in [-0.05, 0) is 24.9 Å². The quantitative estimate of drug-likeness (QED) is 0.729. The third-order valence-electron chi connectivity index (χ3n) is 3.87. The summed E-state index contributed by atoms with van der Waals surface area (Å²) in [5.74, 6) is 0.902. The van der Waals surface area contributed by atoms with E-state index >= 15 is 0 Å². The van der Waals surface area contributed by atoms with Crippen LogP contribution in [0.15, 0.2) is 30.3 Å². The van der Waals surface area contributed by atoms with Crippen molar-refractivity contribution < 1.29 is 4.74 Å². The van der Waals surface area contributed by atoms with E-state index in [1.165, 1.54) is 19.3 Å². The van der Waals surface area contributed by atoms with Gasteiger partial charge in [0.2, 0.25) is 0 Å². The minimum absolute atomic E-state index is 0.621. The highest BCUT2D eigenvalue weighted by molar-refractivity contribution is 5.31. The summed E-state index contributed by atoms with van der Waals surface area (Å²) in [6.07, 6.45) is 4.58. The van der Waals surface area contributed by atoms with Crippen molar-refractivity contribution in [3.05, 3.63) is 35.9 Å². The summed E-state index contributed by atoms with van der Waals surface area (Å²) < 4.78 is 5.67. The molecule has 0 heterocycles. The first-order valence-electron chi connectivity index (χ1n) is 7.04. The lowest BCUT2D eigenvalue weighted by Crippen LogP contribution is -2.39. The molecule has 1 unspecified atom stereocenters. The fourth-order valence-corrected chi connectivity index (χ4v) is 2.30. The van der Waals surface area contributed by atoms with E-state index in [-0.39, 0.29) is 0 Å². The Balaban J connectivity index is 1.86. The molecule has 1 atom stereocenters. The Kier molecular flexibility index (Phi) is 4.95. The Morgan fingerprint density at radius 2 is 2.05 bits per heavy atom. The molecule has 0 spiro atoms. The molecule has 19 heavy (non-hydrogen) atoms. The SMILES string of the molecule is CNC(C#N)(CCOCCC1CC1)c1ccccc1. The van der Waals surface area contributed by atoms with Gasteiger partial charge in [0, 0.05) is 19.6 Å². The van der Waals surface area contributed by atoms with Crippen molar-refractivity contribution in [1.29, 1.82) is 5.26 Å². The molecule has 1 aromatic carbocycles. The Labute approximate surface area is 115 Å². The lowest BCUT2D eigenvalue weighted by atomic mass is 9.88. The fourth-order valence-electron chi connectivity index (χ4n) is 2.30. The van der Waals surface area contributed by atoms with Crippen molar-refractivity contribution in [2.45, 2.75) is 31.2 Å². The second-order valence-electron chi connectivity index (χ2n) is 5.23. The summed E-state index contributed by atoms with van der Waals surface area (Å²) in [5.41, 5.74) is 0.367. The molecule has 0 aliphatic heterocycles. The summed E-state index contributed by atoms with van der Waals surface area (Å²) in [6, 6.07) is 12.3. The van der Waals surface area contributed by atoms with Crippen molar-refractivity contribution >= 4 is 0 Å². The maximum Gasteiger partial charge on any atom is 0.134 e. The molecule has 1 saturated carbocycles. The number of benzene rings is 1. The minimum Gasteiger partial charge on any atom is -0.381 e. The zero-order valence-electron chi connectivity index (χ0n) is 11.6. The summed E-state index contributed by atoms with van der Waals surface area (Å²) in [5, 5.41) is 12.7. The lowest BCUT2D eigenvalue weighted by molar-refractivity contribution is 0.111. The molecule has 1 aromatic rings. The first-order chi connectivity index (χ1) is 9.30. The largest absolute Gasteiger partial charge is 0.381 e. The van der Waals surface area contributed by atoms with Gasteiger partial charge in [0.25, 0.3) is 0 Å². The molecule has 3 nitrogen and oxygen atoms in total. The van der Waals surface area contributed by atoms with Crippen LogP contribution < -0.4 is 5.32 Å². The van der Waals surface area contributed by atoms with Crippen molar-refractivity contribution in [3.8, 4) is 6.07 Å². The number of ether oxygens (including phenoxy) is 1. The van der Waals surface area contributed by atoms with Crippen LogP contribution in [0.25, 0.3) is 0 Å². The van der Waals surface area contributed by atoms with Crippen LogP contribution in [0.1, 0.15) is 31.2 Å². The number of nitriles is 1. The minimum atomic E-state index is -0.638. The van der Waals surface area contributed by atoms with Crippen LogP contribution in [0, 0.1) is 17.2 Å². The zero-order valence-corrected chi connectivity index (χ0v) is 11.6. The van der Waals surface area contributed by atoms with Gasteiger partial charge in [-0.15, -0.1) is 0 Å². The van der Waals surface area contributed by atoms with Crippen LogP contribution in [0.2, 0.25) is 0 Å². The van der Waals surface area contributed by atoms with Crippen LogP contribution >= 0.6 is 0 Å². The van der Waals surface area contributed by atoms with Crippen LogP contribution in [0.4, 0.5) is 0 Å². The number of hydrogen-bond donors (Lipinski definition) is 1. The van der Waals surface area contributed by atoms with E-state index in [1.54, 1.807) is 0 Å². The molecule has 0 radical (unpaired) electrons. The Bertz CT molecular complexity index is 422. The fraction of sp³-hybridized carbons (Fsp3) is 0.562. The first kappa shape index (κ1) is 14.0. The van der Waals surface area contributed by atoms with Gasteiger partial charge in [-0.25, -0.2) is 0 Å². The zero-order chi connectivity index (χ0) is 13.6. The van der Waals surface area contributed by atoms with Gasteiger partial charge < -0.3 is 4.74 Å². The molecule has 0 bridgehead atoms. The second kappa shape index (κ2) is 6.70. The van der Waals surface area contributed by atoms with Gasteiger partial charge in [-0.3, -0.25) is 5.32 Å². The van der Waals surface area contributed by atoms with Crippen molar-refractivity contribution in [3.63, 3.8) is 0 Å². The highest BCUT2D eigenvalue weighted by Crippen LogP contribution is 2.32. The van der Waals surface area contributed by atoms with E-state index in [1.807, 2.05) is 37.4 Å². The van der Waals surface area contributed by atoms with Gasteiger partial charge in [0.1, 0.15) is 5.54 Å². The van der Waals surface area contributed by atoms with E-state index in [2.05, 4.69) is 11.4 Å². The predicted octanol–water partition coefficient (Wildman–Crippen LogP) is 2.83. The first-order valence-corrected chi connectivity index (χ1v) is 7.04. The second-order valence-corrected chi connectivity index (χ2v) is 5.23. The predicted molar refractivity (Wildman–Crippen MR) is 75.6 cm³/mol. The van der Waals surface area contributed by atoms with Crippen LogP contribution in [-0.4, -0.2) is 20.3 Å². The van der Waals surface area contributed by atoms with Gasteiger partial charge in [-0.2, -0.15) is 5.26 Å². The average molecular weight is 258 g/mol. The smallest absolute Gasteiger partial charge is 0.134 e. The van der Waals surface area contributed by atoms with E-state index in [9.17, 15) is 5.26 Å². The van der Waals surface area contributed by atoms with Crippen molar-refractivity contribution in [2.75, 3.05) is 20.3 Å². The van der Waals surface area contributed by atoms with Gasteiger partial charge in [0.05, 0.1) is 6.07 Å². The highest BCUT2D eigenvalue weighted by Gasteiger charge is 2.30. The normalized spacial score (nSPS) is 17.7. The van der Waals surface area contributed by atoms with Gasteiger partial charge in [-0.1, -0.05) is 43.2 Å². The molecule has 0 amide bonds. The van der Waals surface area contributed by atoms with E-state index < -0.39 is 5.54 Å². The molecule has 1 aliphatic carbocycles. The Hall–Kier alpha value is -1.37. The standard InChI is InChI=1S/C16H22N2O/c1-18-16(13-17,15-5-3-2-4-6-15)10-12-19-11-9-14-7-8-14/h2-6,14,18H,7-12H2,1H3. The molecule has 1 aliphatic rings. The Morgan fingerprint density at radius 1 is 1.32 bits per heavy atom. The summed E-state index contributed by atoms with van der Waals surface area (Å²) in [4.78, 5) is 0. The third kappa shape index (κ3) is 3.79. The van der Waals surface area contributed by atoms with Crippen LogP contribution in [-0.2, 0) is 10.3 Å². The van der Waals surface area contributed by atoms with E-state index in [0.29, 0.717) is 13.0 Å². The summed E-state index contributed by atoms with van der Waals surface area (Å²) in [6.45, 7) is 1.45. The number of nitrogens with one attached hydrogen (secondary N) is 1. The Morgan fingerprint density at radius 3 is 2.63 bits per heavy atom. The van der Waals surface area contributed by atoms with Crippen molar-refractivity contribution in [2.24, 2.45) is 5.92 Å². The summed E-state index contributed by atoms with van der Waals surface area (Å²) in [7, 11) is 1.83. The molecule has 1 N–H and O–H groups in total. The molecule has 0 aromatic heterocycles. The summed E-state index contributed by atoms with van der Waals surface area (Å²) >= 11 is 0. The molecule has 1 fully saturated rings. The average Bonchev–Trinajstić information content (AvgIpc) is 3.28. The number of nitrogens with zero attached hydrogens (tertiary/aromatic N) is 1. The van der Waals surface area contributed by atoms with Gasteiger partial charge in [0.15, 0.2) is 0 Å². The monoisotopic (exact) mass is 258 g/mol. The topological polar surface area (TPSA) is 45.0 Å². The third-order valence-corrected chi connectivity index (χ3v) is 3.87. The van der Waals surface area contributed by atoms with E-state index in [4.69, 9.17) is 4.74 Å². The molecular formula is C16H22N2O. The molecule has 2 rings (SSSR count). The maximum absolute atomic E-state index is 9.52. The number of hydrogen-bond acceptors (Lipinski definition) is 3. The lowest BCUT2D eigenvalue weighted by Gasteiger charge is -2.26. The van der Waals surface area contributed by atoms with Crippen LogP contribution in [0.3, 0.4) is 0 Å². The molecular weight excluding hydrogens is 236 g/mol. The van der Waals surface area contributed by atoms with E-state index in [0.717, 1.165) is 18.1 Å². The van der Waals surface area contributed by atoms with Gasteiger partial charge >= 0.3 is 0 Å². The van der Waals surface area contributed by atoms with Crippen molar-refractivity contribution in [1.82, 2.24) is 5.32 Å². The van der Waals surface area contributed by atoms with Crippen LogP contribution in [0.5, 0.6) is 0 Å². The molecule has 3 heteroatoms. The number of rotatable bonds is 8. The molecule has 0 saturated heterocycles. The highest BCUT2D eigenvalue weighted by atomic mass is 16.5. The maximum atomic E-state index is 9.52. The molecule has 102 valence electrons.